The van der Waals surface area contributed by atoms with Crippen molar-refractivity contribution >= 4 is 17.5 Å². The Morgan fingerprint density at radius 3 is 1.83 bits per heavy atom. The van der Waals surface area contributed by atoms with Crippen molar-refractivity contribution in [2.24, 2.45) is 0 Å². The van der Waals surface area contributed by atoms with Crippen LogP contribution in [0.5, 0.6) is 11.5 Å². The number of hydrogen-bond donors (Lipinski definition) is 0. The number of benzene rings is 4. The number of nitrogens with zero attached hydrogens (tertiary/aromatic N) is 2. The number of ether oxygens (including phenoxy) is 1. The molecule has 1 saturated heterocycles. The SMILES string of the molecule is O=C(C1c2ccccc2Oc2ccccc21)N1CCN([C@@H](c2ccccc2)c2ccc(Cl)cc2)CC1. The Labute approximate surface area is 216 Å². The topological polar surface area (TPSA) is 32.8 Å². The van der Waals surface area contributed by atoms with E-state index in [2.05, 4.69) is 41.3 Å². The van der Waals surface area contributed by atoms with Crippen LogP contribution in [0.1, 0.15) is 34.2 Å². The number of amides is 1. The van der Waals surface area contributed by atoms with Crippen molar-refractivity contribution in [1.82, 2.24) is 9.80 Å². The second-order valence-electron chi connectivity index (χ2n) is 9.34. The van der Waals surface area contributed by atoms with Crippen molar-refractivity contribution in [3.63, 3.8) is 0 Å². The van der Waals surface area contributed by atoms with Gasteiger partial charge in [-0.15, -0.1) is 0 Å². The summed E-state index contributed by atoms with van der Waals surface area (Å²) < 4.78 is 6.11. The molecular formula is C31H27ClN2O2. The number of piperazine rings is 1. The zero-order valence-electron chi connectivity index (χ0n) is 19.9. The van der Waals surface area contributed by atoms with E-state index >= 15 is 0 Å². The third-order valence-electron chi connectivity index (χ3n) is 7.22. The minimum absolute atomic E-state index is 0.116. The van der Waals surface area contributed by atoms with Gasteiger partial charge in [0.25, 0.3) is 0 Å². The number of fused-ring (bicyclic) bond motifs is 2. The molecule has 0 saturated carbocycles. The monoisotopic (exact) mass is 494 g/mol. The van der Waals surface area contributed by atoms with E-state index in [1.165, 1.54) is 11.1 Å². The van der Waals surface area contributed by atoms with Gasteiger partial charge in [0.1, 0.15) is 11.5 Å². The highest BCUT2D eigenvalue weighted by molar-refractivity contribution is 6.30. The van der Waals surface area contributed by atoms with Gasteiger partial charge in [-0.2, -0.15) is 0 Å². The number of para-hydroxylation sites is 2. The van der Waals surface area contributed by atoms with Crippen molar-refractivity contribution in [2.45, 2.75) is 12.0 Å². The van der Waals surface area contributed by atoms with Crippen LogP contribution in [0.3, 0.4) is 0 Å². The first-order valence-corrected chi connectivity index (χ1v) is 12.8. The molecule has 1 amide bonds. The maximum absolute atomic E-state index is 14.0. The molecule has 1 atom stereocenters. The summed E-state index contributed by atoms with van der Waals surface area (Å²) in [6, 6.07) is 34.5. The molecule has 0 unspecified atom stereocenters. The predicted molar refractivity (Wildman–Crippen MR) is 143 cm³/mol. The van der Waals surface area contributed by atoms with Crippen LogP contribution in [0.25, 0.3) is 0 Å². The zero-order valence-corrected chi connectivity index (χ0v) is 20.6. The maximum atomic E-state index is 14.0. The van der Waals surface area contributed by atoms with Gasteiger partial charge in [-0.3, -0.25) is 9.69 Å². The molecule has 2 heterocycles. The highest BCUT2D eigenvalue weighted by Gasteiger charge is 2.37. The van der Waals surface area contributed by atoms with Crippen LogP contribution in [-0.2, 0) is 4.79 Å². The fraction of sp³-hybridized carbons (Fsp3) is 0.194. The molecule has 0 bridgehead atoms. The summed E-state index contributed by atoms with van der Waals surface area (Å²) in [6.07, 6.45) is 0. The van der Waals surface area contributed by atoms with Crippen molar-refractivity contribution in [3.05, 3.63) is 130 Å². The summed E-state index contributed by atoms with van der Waals surface area (Å²) >= 11 is 6.18. The van der Waals surface area contributed by atoms with E-state index in [9.17, 15) is 4.79 Å². The molecule has 0 N–H and O–H groups in total. The fourth-order valence-electron chi connectivity index (χ4n) is 5.45. The Morgan fingerprint density at radius 1 is 0.694 bits per heavy atom. The molecule has 2 aliphatic rings. The molecule has 36 heavy (non-hydrogen) atoms. The van der Waals surface area contributed by atoms with Gasteiger partial charge in [0.05, 0.1) is 12.0 Å². The van der Waals surface area contributed by atoms with Crippen molar-refractivity contribution in [1.29, 1.82) is 0 Å². The van der Waals surface area contributed by atoms with Gasteiger partial charge < -0.3 is 9.64 Å². The van der Waals surface area contributed by atoms with Crippen LogP contribution < -0.4 is 4.74 Å². The molecule has 0 radical (unpaired) electrons. The lowest BCUT2D eigenvalue weighted by Crippen LogP contribution is -2.51. The van der Waals surface area contributed by atoms with Gasteiger partial charge in [-0.1, -0.05) is 90.5 Å². The average Bonchev–Trinajstić information content (AvgIpc) is 2.93. The lowest BCUT2D eigenvalue weighted by molar-refractivity contribution is -0.134. The number of hydrogen-bond acceptors (Lipinski definition) is 3. The van der Waals surface area contributed by atoms with E-state index in [1.807, 2.05) is 71.6 Å². The fourth-order valence-corrected chi connectivity index (χ4v) is 5.58. The lowest BCUT2D eigenvalue weighted by atomic mass is 9.86. The first-order chi connectivity index (χ1) is 17.7. The third kappa shape index (κ3) is 4.27. The van der Waals surface area contributed by atoms with E-state index in [1.54, 1.807) is 0 Å². The van der Waals surface area contributed by atoms with Gasteiger partial charge in [0, 0.05) is 42.3 Å². The van der Waals surface area contributed by atoms with Crippen LogP contribution in [0.4, 0.5) is 0 Å². The molecule has 4 nitrogen and oxygen atoms in total. The standard InChI is InChI=1S/C31H27ClN2O2/c32-24-16-14-23(15-17-24)30(22-8-2-1-3-9-22)33-18-20-34(21-19-33)31(35)29-25-10-4-6-12-27(25)36-28-13-7-5-11-26(28)29/h1-17,29-30H,18-21H2/t30-/m0/s1. The summed E-state index contributed by atoms with van der Waals surface area (Å²) in [5.41, 5.74) is 4.32. The highest BCUT2D eigenvalue weighted by atomic mass is 35.5. The van der Waals surface area contributed by atoms with Gasteiger partial charge in [-0.25, -0.2) is 0 Å². The second-order valence-corrected chi connectivity index (χ2v) is 9.77. The van der Waals surface area contributed by atoms with Crippen LogP contribution >= 0.6 is 11.6 Å². The first kappa shape index (κ1) is 22.8. The van der Waals surface area contributed by atoms with Gasteiger partial charge in [0.15, 0.2) is 0 Å². The van der Waals surface area contributed by atoms with Crippen LogP contribution in [0, 0.1) is 0 Å². The molecule has 5 heteroatoms. The quantitative estimate of drug-likeness (QED) is 0.324. The smallest absolute Gasteiger partial charge is 0.234 e. The number of carbonyl (C=O) groups is 1. The van der Waals surface area contributed by atoms with E-state index in [0.717, 1.165) is 40.7 Å². The van der Waals surface area contributed by atoms with E-state index < -0.39 is 0 Å². The van der Waals surface area contributed by atoms with Crippen molar-refractivity contribution in [3.8, 4) is 11.5 Å². The molecule has 2 aliphatic heterocycles. The Kier molecular flexibility index (Phi) is 6.22. The van der Waals surface area contributed by atoms with Gasteiger partial charge in [0.2, 0.25) is 5.91 Å². The van der Waals surface area contributed by atoms with Gasteiger partial charge >= 0.3 is 0 Å². The van der Waals surface area contributed by atoms with Crippen molar-refractivity contribution in [2.75, 3.05) is 26.2 Å². The summed E-state index contributed by atoms with van der Waals surface area (Å²) in [5.74, 6) is 1.32. The third-order valence-corrected chi connectivity index (χ3v) is 7.47. The number of rotatable bonds is 4. The van der Waals surface area contributed by atoms with E-state index in [4.69, 9.17) is 16.3 Å². The molecule has 0 aromatic heterocycles. The Bertz CT molecular complexity index is 1320. The van der Waals surface area contributed by atoms with Gasteiger partial charge in [-0.05, 0) is 35.4 Å². The summed E-state index contributed by atoms with van der Waals surface area (Å²) in [7, 11) is 0. The zero-order chi connectivity index (χ0) is 24.5. The lowest BCUT2D eigenvalue weighted by Gasteiger charge is -2.41. The van der Waals surface area contributed by atoms with Crippen molar-refractivity contribution < 1.29 is 9.53 Å². The normalized spacial score (nSPS) is 16.5. The molecule has 1 fully saturated rings. The number of halogens is 1. The number of carbonyl (C=O) groups excluding carboxylic acids is 1. The minimum Gasteiger partial charge on any atom is -0.457 e. The largest absolute Gasteiger partial charge is 0.457 e. The molecule has 180 valence electrons. The summed E-state index contributed by atoms with van der Waals surface area (Å²) in [5, 5.41) is 0.734. The Morgan fingerprint density at radius 2 is 1.22 bits per heavy atom. The maximum Gasteiger partial charge on any atom is 0.234 e. The molecule has 4 aromatic carbocycles. The minimum atomic E-state index is -0.348. The van der Waals surface area contributed by atoms with Crippen LogP contribution in [-0.4, -0.2) is 41.9 Å². The molecule has 0 spiro atoms. The Balaban J connectivity index is 1.25. The van der Waals surface area contributed by atoms with E-state index in [-0.39, 0.29) is 17.9 Å². The molecule has 0 aliphatic carbocycles. The summed E-state index contributed by atoms with van der Waals surface area (Å²) in [6.45, 7) is 2.94. The molecule has 4 aromatic rings. The van der Waals surface area contributed by atoms with Crippen LogP contribution in [0.15, 0.2) is 103 Å². The predicted octanol–water partition coefficient (Wildman–Crippen LogP) is 6.51. The molecule has 6 rings (SSSR count). The molecular weight excluding hydrogens is 468 g/mol. The second kappa shape index (κ2) is 9.81. The van der Waals surface area contributed by atoms with E-state index in [0.29, 0.717) is 13.1 Å². The average molecular weight is 495 g/mol. The Hall–Kier alpha value is -3.60. The summed E-state index contributed by atoms with van der Waals surface area (Å²) in [4.78, 5) is 18.5. The highest BCUT2D eigenvalue weighted by Crippen LogP contribution is 2.45. The van der Waals surface area contributed by atoms with Crippen LogP contribution in [0.2, 0.25) is 5.02 Å². The first-order valence-electron chi connectivity index (χ1n) is 12.4.